The average Bonchev–Trinajstić information content (AvgIpc) is 2.66. The van der Waals surface area contributed by atoms with Crippen molar-refractivity contribution in [2.24, 2.45) is 0 Å². The number of nitrogens with zero attached hydrogens (tertiary/aromatic N) is 1. The van der Waals surface area contributed by atoms with Crippen LogP contribution in [0.25, 0.3) is 11.1 Å². The first-order valence-corrected chi connectivity index (χ1v) is 6.54. The summed E-state index contributed by atoms with van der Waals surface area (Å²) in [6.45, 7) is 5.76. The molecular formula is C14H20N2O2. The number of fused-ring (bicyclic) bond motifs is 1. The van der Waals surface area contributed by atoms with Crippen LogP contribution in [0.1, 0.15) is 26.7 Å². The van der Waals surface area contributed by atoms with E-state index in [0.717, 1.165) is 18.5 Å². The standard InChI is InChI=1S/C14H20N2O2/c1-3-6-11(2)15-9-10-16-12-7-4-5-8-13(12)18-14(16)17/h4-5,7-8,11,15H,3,6,9-10H2,1-2H3. The van der Waals surface area contributed by atoms with Gasteiger partial charge in [-0.3, -0.25) is 4.57 Å². The van der Waals surface area contributed by atoms with Crippen LogP contribution in [0, 0.1) is 0 Å². The van der Waals surface area contributed by atoms with E-state index in [1.165, 1.54) is 6.42 Å². The zero-order valence-electron chi connectivity index (χ0n) is 11.0. The van der Waals surface area contributed by atoms with Gasteiger partial charge in [-0.1, -0.05) is 25.5 Å². The van der Waals surface area contributed by atoms with E-state index in [1.807, 2.05) is 24.3 Å². The molecule has 1 aromatic carbocycles. The summed E-state index contributed by atoms with van der Waals surface area (Å²) >= 11 is 0. The third-order valence-electron chi connectivity index (χ3n) is 3.12. The topological polar surface area (TPSA) is 47.2 Å². The molecular weight excluding hydrogens is 228 g/mol. The second-order valence-corrected chi connectivity index (χ2v) is 4.63. The summed E-state index contributed by atoms with van der Waals surface area (Å²) in [4.78, 5) is 11.7. The van der Waals surface area contributed by atoms with Crippen molar-refractivity contribution in [3.63, 3.8) is 0 Å². The van der Waals surface area contributed by atoms with Crippen LogP contribution in [-0.2, 0) is 6.54 Å². The molecule has 0 saturated carbocycles. The third kappa shape index (κ3) is 2.82. The molecule has 98 valence electrons. The monoisotopic (exact) mass is 248 g/mol. The molecule has 4 heteroatoms. The number of nitrogens with one attached hydrogen (secondary N) is 1. The minimum absolute atomic E-state index is 0.277. The van der Waals surface area contributed by atoms with E-state index in [0.29, 0.717) is 18.2 Å². The number of para-hydroxylation sites is 2. The van der Waals surface area contributed by atoms with Gasteiger partial charge in [0.25, 0.3) is 0 Å². The lowest BCUT2D eigenvalue weighted by Crippen LogP contribution is -2.31. The fourth-order valence-electron chi connectivity index (χ4n) is 2.18. The molecule has 1 heterocycles. The van der Waals surface area contributed by atoms with Crippen LogP contribution in [0.15, 0.2) is 33.5 Å². The number of benzene rings is 1. The lowest BCUT2D eigenvalue weighted by atomic mass is 10.2. The van der Waals surface area contributed by atoms with Crippen molar-refractivity contribution in [2.45, 2.75) is 39.3 Å². The van der Waals surface area contributed by atoms with E-state index < -0.39 is 0 Å². The van der Waals surface area contributed by atoms with Crippen molar-refractivity contribution in [3.8, 4) is 0 Å². The Morgan fingerprint density at radius 2 is 2.17 bits per heavy atom. The second-order valence-electron chi connectivity index (χ2n) is 4.63. The molecule has 0 radical (unpaired) electrons. The van der Waals surface area contributed by atoms with E-state index in [2.05, 4.69) is 19.2 Å². The summed E-state index contributed by atoms with van der Waals surface area (Å²) in [5, 5.41) is 3.41. The molecule has 1 atom stereocenters. The first-order valence-electron chi connectivity index (χ1n) is 6.54. The van der Waals surface area contributed by atoms with Gasteiger partial charge in [-0.05, 0) is 25.5 Å². The second kappa shape index (κ2) is 5.87. The Hall–Kier alpha value is -1.55. The maximum absolute atomic E-state index is 11.7. The maximum atomic E-state index is 11.7. The summed E-state index contributed by atoms with van der Waals surface area (Å²) < 4.78 is 6.87. The van der Waals surface area contributed by atoms with Crippen LogP contribution in [-0.4, -0.2) is 17.2 Å². The smallest absolute Gasteiger partial charge is 0.408 e. The van der Waals surface area contributed by atoms with Gasteiger partial charge >= 0.3 is 5.76 Å². The number of hydrogen-bond donors (Lipinski definition) is 1. The molecule has 0 bridgehead atoms. The number of oxazole rings is 1. The molecule has 0 saturated heterocycles. The van der Waals surface area contributed by atoms with Crippen LogP contribution >= 0.6 is 0 Å². The molecule has 1 unspecified atom stereocenters. The van der Waals surface area contributed by atoms with E-state index in [1.54, 1.807) is 4.57 Å². The van der Waals surface area contributed by atoms with Crippen molar-refractivity contribution < 1.29 is 4.42 Å². The Kier molecular flexibility index (Phi) is 4.20. The molecule has 1 aromatic heterocycles. The van der Waals surface area contributed by atoms with E-state index >= 15 is 0 Å². The van der Waals surface area contributed by atoms with Gasteiger partial charge in [0.05, 0.1) is 5.52 Å². The molecule has 0 fully saturated rings. The lowest BCUT2D eigenvalue weighted by molar-refractivity contribution is 0.460. The van der Waals surface area contributed by atoms with Gasteiger partial charge in [0.2, 0.25) is 0 Å². The van der Waals surface area contributed by atoms with Crippen molar-refractivity contribution >= 4 is 11.1 Å². The molecule has 2 aromatic rings. The molecule has 0 spiro atoms. The number of rotatable bonds is 6. The largest absolute Gasteiger partial charge is 0.419 e. The van der Waals surface area contributed by atoms with Crippen molar-refractivity contribution in [1.29, 1.82) is 0 Å². The van der Waals surface area contributed by atoms with E-state index in [4.69, 9.17) is 4.42 Å². The van der Waals surface area contributed by atoms with Crippen LogP contribution in [0.3, 0.4) is 0 Å². The van der Waals surface area contributed by atoms with Crippen molar-refractivity contribution in [2.75, 3.05) is 6.54 Å². The number of hydrogen-bond acceptors (Lipinski definition) is 3. The summed E-state index contributed by atoms with van der Waals surface area (Å²) in [5.74, 6) is -0.277. The minimum atomic E-state index is -0.277. The SMILES string of the molecule is CCCC(C)NCCn1c(=O)oc2ccccc21. The molecule has 0 aliphatic heterocycles. The van der Waals surface area contributed by atoms with Crippen molar-refractivity contribution in [1.82, 2.24) is 9.88 Å². The molecule has 0 amide bonds. The van der Waals surface area contributed by atoms with Gasteiger partial charge in [0.1, 0.15) is 0 Å². The summed E-state index contributed by atoms with van der Waals surface area (Å²) in [5.41, 5.74) is 1.52. The zero-order valence-corrected chi connectivity index (χ0v) is 11.0. The van der Waals surface area contributed by atoms with E-state index in [-0.39, 0.29) is 5.76 Å². The van der Waals surface area contributed by atoms with Crippen LogP contribution < -0.4 is 11.1 Å². The molecule has 18 heavy (non-hydrogen) atoms. The lowest BCUT2D eigenvalue weighted by Gasteiger charge is -2.12. The summed E-state index contributed by atoms with van der Waals surface area (Å²) in [7, 11) is 0. The Morgan fingerprint density at radius 3 is 2.94 bits per heavy atom. The maximum Gasteiger partial charge on any atom is 0.419 e. The Bertz CT molecular complexity index is 556. The average molecular weight is 248 g/mol. The van der Waals surface area contributed by atoms with Crippen molar-refractivity contribution in [3.05, 3.63) is 34.8 Å². The molecule has 1 N–H and O–H groups in total. The predicted molar refractivity (Wildman–Crippen MR) is 72.8 cm³/mol. The highest BCUT2D eigenvalue weighted by Crippen LogP contribution is 2.11. The first-order chi connectivity index (χ1) is 8.72. The third-order valence-corrected chi connectivity index (χ3v) is 3.12. The van der Waals surface area contributed by atoms with Crippen LogP contribution in [0.2, 0.25) is 0 Å². The minimum Gasteiger partial charge on any atom is -0.408 e. The molecule has 4 nitrogen and oxygen atoms in total. The fraction of sp³-hybridized carbons (Fsp3) is 0.500. The Labute approximate surface area is 107 Å². The zero-order chi connectivity index (χ0) is 13.0. The van der Waals surface area contributed by atoms with Gasteiger partial charge in [0, 0.05) is 19.1 Å². The van der Waals surface area contributed by atoms with Gasteiger partial charge in [-0.15, -0.1) is 0 Å². The summed E-state index contributed by atoms with van der Waals surface area (Å²) in [6, 6.07) is 8.01. The highest BCUT2D eigenvalue weighted by molar-refractivity contribution is 5.72. The van der Waals surface area contributed by atoms with Gasteiger partial charge in [-0.2, -0.15) is 0 Å². The van der Waals surface area contributed by atoms with Gasteiger partial charge in [0.15, 0.2) is 5.58 Å². The molecule has 0 aliphatic rings. The van der Waals surface area contributed by atoms with Crippen LogP contribution in [0.4, 0.5) is 0 Å². The summed E-state index contributed by atoms with van der Waals surface area (Å²) in [6.07, 6.45) is 2.32. The fourth-order valence-corrected chi connectivity index (χ4v) is 2.18. The van der Waals surface area contributed by atoms with Crippen LogP contribution in [0.5, 0.6) is 0 Å². The molecule has 0 aliphatic carbocycles. The predicted octanol–water partition coefficient (Wildman–Crippen LogP) is 2.37. The molecule has 2 rings (SSSR count). The Morgan fingerprint density at radius 1 is 1.39 bits per heavy atom. The van der Waals surface area contributed by atoms with E-state index in [9.17, 15) is 4.79 Å². The number of aromatic nitrogens is 1. The Balaban J connectivity index is 2.03. The highest BCUT2D eigenvalue weighted by Gasteiger charge is 2.08. The normalized spacial score (nSPS) is 13.0. The quantitative estimate of drug-likeness (QED) is 0.853. The van der Waals surface area contributed by atoms with Gasteiger partial charge in [-0.25, -0.2) is 4.79 Å². The first kappa shape index (κ1) is 12.9. The highest BCUT2D eigenvalue weighted by atomic mass is 16.4. The van der Waals surface area contributed by atoms with Gasteiger partial charge < -0.3 is 9.73 Å².